The maximum atomic E-state index is 5.81. The van der Waals surface area contributed by atoms with Gasteiger partial charge in [-0.1, -0.05) is 13.8 Å². The third-order valence-electron chi connectivity index (χ3n) is 3.16. The fourth-order valence-electron chi connectivity index (χ4n) is 2.27. The minimum atomic E-state index is 0.514. The van der Waals surface area contributed by atoms with Gasteiger partial charge in [-0.15, -0.1) is 0 Å². The standard InChI is InChI=1S/C15H20N2/c1-10(2)14-7-5-12(4)17(14)15-8-6-13(16)9-11(15)3/h5-10H,16H2,1-4H3. The van der Waals surface area contributed by atoms with Crippen molar-refractivity contribution < 1.29 is 0 Å². The molecule has 0 saturated heterocycles. The molecule has 2 N–H and O–H groups in total. The van der Waals surface area contributed by atoms with Crippen LogP contribution in [0.3, 0.4) is 0 Å². The molecule has 1 aromatic heterocycles. The van der Waals surface area contributed by atoms with Gasteiger partial charge in [0, 0.05) is 22.8 Å². The number of aryl methyl sites for hydroxylation is 2. The normalized spacial score (nSPS) is 11.1. The van der Waals surface area contributed by atoms with E-state index in [-0.39, 0.29) is 0 Å². The number of hydrogen-bond acceptors (Lipinski definition) is 1. The highest BCUT2D eigenvalue weighted by molar-refractivity contribution is 5.52. The molecule has 0 radical (unpaired) electrons. The van der Waals surface area contributed by atoms with Crippen LogP contribution in [0.2, 0.25) is 0 Å². The third kappa shape index (κ3) is 2.07. The number of aromatic nitrogens is 1. The van der Waals surface area contributed by atoms with Crippen molar-refractivity contribution in [1.29, 1.82) is 0 Å². The summed E-state index contributed by atoms with van der Waals surface area (Å²) in [6, 6.07) is 10.5. The minimum absolute atomic E-state index is 0.514. The Hall–Kier alpha value is -1.70. The number of hydrogen-bond donors (Lipinski definition) is 1. The summed E-state index contributed by atoms with van der Waals surface area (Å²) in [6.07, 6.45) is 0. The molecule has 0 amide bonds. The van der Waals surface area contributed by atoms with Crippen LogP contribution >= 0.6 is 0 Å². The summed E-state index contributed by atoms with van der Waals surface area (Å²) in [4.78, 5) is 0. The van der Waals surface area contributed by atoms with Gasteiger partial charge in [0.15, 0.2) is 0 Å². The zero-order valence-corrected chi connectivity index (χ0v) is 11.0. The molecule has 0 aliphatic heterocycles. The predicted molar refractivity (Wildman–Crippen MR) is 73.7 cm³/mol. The quantitative estimate of drug-likeness (QED) is 0.779. The SMILES string of the molecule is Cc1cc(N)ccc1-n1c(C)ccc1C(C)C. The number of nitrogens with two attached hydrogens (primary N) is 1. The highest BCUT2D eigenvalue weighted by Crippen LogP contribution is 2.26. The van der Waals surface area contributed by atoms with Crippen LogP contribution in [0.15, 0.2) is 30.3 Å². The maximum absolute atomic E-state index is 5.81. The van der Waals surface area contributed by atoms with Crippen LogP contribution in [0, 0.1) is 13.8 Å². The second kappa shape index (κ2) is 4.28. The van der Waals surface area contributed by atoms with E-state index in [4.69, 9.17) is 5.73 Å². The van der Waals surface area contributed by atoms with E-state index in [2.05, 4.69) is 50.5 Å². The summed E-state index contributed by atoms with van der Waals surface area (Å²) in [6.45, 7) is 8.69. The van der Waals surface area contributed by atoms with Crippen LogP contribution in [0.5, 0.6) is 0 Å². The van der Waals surface area contributed by atoms with Gasteiger partial charge in [-0.2, -0.15) is 0 Å². The van der Waals surface area contributed by atoms with Crippen molar-refractivity contribution in [2.45, 2.75) is 33.6 Å². The molecule has 90 valence electrons. The van der Waals surface area contributed by atoms with Crippen molar-refractivity contribution in [2.24, 2.45) is 0 Å². The Balaban J connectivity index is 2.63. The number of benzene rings is 1. The van der Waals surface area contributed by atoms with E-state index in [1.807, 2.05) is 12.1 Å². The molecule has 2 nitrogen and oxygen atoms in total. The largest absolute Gasteiger partial charge is 0.399 e. The second-order valence-electron chi connectivity index (χ2n) is 4.94. The number of anilines is 1. The first-order valence-corrected chi connectivity index (χ1v) is 6.05. The van der Waals surface area contributed by atoms with E-state index in [0.29, 0.717) is 5.92 Å². The van der Waals surface area contributed by atoms with Crippen molar-refractivity contribution >= 4 is 5.69 Å². The first-order chi connectivity index (χ1) is 8.00. The van der Waals surface area contributed by atoms with E-state index < -0.39 is 0 Å². The lowest BCUT2D eigenvalue weighted by Crippen LogP contribution is -2.05. The van der Waals surface area contributed by atoms with E-state index >= 15 is 0 Å². The van der Waals surface area contributed by atoms with E-state index in [9.17, 15) is 0 Å². The topological polar surface area (TPSA) is 30.9 Å². The van der Waals surface area contributed by atoms with E-state index in [1.54, 1.807) is 0 Å². The summed E-state index contributed by atoms with van der Waals surface area (Å²) >= 11 is 0. The molecule has 0 fully saturated rings. The molecular weight excluding hydrogens is 208 g/mol. The highest BCUT2D eigenvalue weighted by Gasteiger charge is 2.11. The Morgan fingerprint density at radius 3 is 2.35 bits per heavy atom. The first kappa shape index (κ1) is 11.8. The monoisotopic (exact) mass is 228 g/mol. The van der Waals surface area contributed by atoms with Crippen molar-refractivity contribution in [3.63, 3.8) is 0 Å². The van der Waals surface area contributed by atoms with Crippen LogP contribution < -0.4 is 5.73 Å². The van der Waals surface area contributed by atoms with Gasteiger partial charge in [0.25, 0.3) is 0 Å². The fourth-order valence-corrected chi connectivity index (χ4v) is 2.27. The average Bonchev–Trinajstić information content (AvgIpc) is 2.60. The zero-order chi connectivity index (χ0) is 12.6. The molecule has 0 spiro atoms. The van der Waals surface area contributed by atoms with Crippen LogP contribution in [-0.2, 0) is 0 Å². The van der Waals surface area contributed by atoms with Crippen molar-refractivity contribution in [3.05, 3.63) is 47.3 Å². The lowest BCUT2D eigenvalue weighted by atomic mass is 10.1. The van der Waals surface area contributed by atoms with Crippen LogP contribution in [0.25, 0.3) is 5.69 Å². The smallest absolute Gasteiger partial charge is 0.0485 e. The van der Waals surface area contributed by atoms with Gasteiger partial charge in [0.1, 0.15) is 0 Å². The summed E-state index contributed by atoms with van der Waals surface area (Å²) in [5.74, 6) is 0.514. The molecule has 0 saturated carbocycles. The second-order valence-corrected chi connectivity index (χ2v) is 4.94. The van der Waals surface area contributed by atoms with Crippen molar-refractivity contribution in [1.82, 2.24) is 4.57 Å². The molecular formula is C15H20N2. The summed E-state index contributed by atoms with van der Waals surface area (Å²) < 4.78 is 2.32. The maximum Gasteiger partial charge on any atom is 0.0485 e. The molecule has 2 aromatic rings. The molecule has 0 aliphatic carbocycles. The summed E-state index contributed by atoms with van der Waals surface area (Å²) in [5.41, 5.74) is 11.7. The molecule has 0 bridgehead atoms. The lowest BCUT2D eigenvalue weighted by molar-refractivity contribution is 0.775. The average molecular weight is 228 g/mol. The summed E-state index contributed by atoms with van der Waals surface area (Å²) in [5, 5.41) is 0. The van der Waals surface area contributed by atoms with Crippen molar-refractivity contribution in [3.8, 4) is 5.69 Å². The Labute approximate surface area is 103 Å². The molecule has 1 aromatic carbocycles. The molecule has 0 aliphatic rings. The van der Waals surface area contributed by atoms with Gasteiger partial charge in [-0.3, -0.25) is 0 Å². The van der Waals surface area contributed by atoms with E-state index in [1.165, 1.54) is 22.6 Å². The first-order valence-electron chi connectivity index (χ1n) is 6.05. The third-order valence-corrected chi connectivity index (χ3v) is 3.16. The number of nitrogen functional groups attached to an aromatic ring is 1. The van der Waals surface area contributed by atoms with Gasteiger partial charge in [-0.05, 0) is 55.7 Å². The van der Waals surface area contributed by atoms with Gasteiger partial charge in [0.2, 0.25) is 0 Å². The minimum Gasteiger partial charge on any atom is -0.399 e. The Morgan fingerprint density at radius 1 is 1.06 bits per heavy atom. The van der Waals surface area contributed by atoms with Gasteiger partial charge in [0.05, 0.1) is 0 Å². The molecule has 2 rings (SSSR count). The number of rotatable bonds is 2. The zero-order valence-electron chi connectivity index (χ0n) is 11.0. The molecule has 2 heteroatoms. The number of nitrogens with zero attached hydrogens (tertiary/aromatic N) is 1. The predicted octanol–water partition coefficient (Wildman–Crippen LogP) is 3.80. The van der Waals surface area contributed by atoms with Gasteiger partial charge in [-0.25, -0.2) is 0 Å². The Kier molecular flexibility index (Phi) is 2.97. The van der Waals surface area contributed by atoms with Gasteiger partial charge >= 0.3 is 0 Å². The van der Waals surface area contributed by atoms with E-state index in [0.717, 1.165) is 5.69 Å². The highest BCUT2D eigenvalue weighted by atomic mass is 15.0. The molecule has 0 unspecified atom stereocenters. The molecule has 1 heterocycles. The molecule has 17 heavy (non-hydrogen) atoms. The molecule has 0 atom stereocenters. The summed E-state index contributed by atoms with van der Waals surface area (Å²) in [7, 11) is 0. The Bertz CT molecular complexity index is 536. The van der Waals surface area contributed by atoms with Gasteiger partial charge < -0.3 is 10.3 Å². The van der Waals surface area contributed by atoms with Crippen molar-refractivity contribution in [2.75, 3.05) is 5.73 Å². The van der Waals surface area contributed by atoms with Crippen LogP contribution in [-0.4, -0.2) is 4.57 Å². The van der Waals surface area contributed by atoms with Crippen LogP contribution in [0.1, 0.15) is 36.7 Å². The fraction of sp³-hybridized carbons (Fsp3) is 0.333. The van der Waals surface area contributed by atoms with Crippen LogP contribution in [0.4, 0.5) is 5.69 Å². The Morgan fingerprint density at radius 2 is 1.76 bits per heavy atom. The lowest BCUT2D eigenvalue weighted by Gasteiger charge is -2.16.